The number of nitrogens with one attached hydrogen (secondary N) is 1. The first kappa shape index (κ1) is 28.1. The Morgan fingerprint density at radius 2 is 1.55 bits per heavy atom. The molecule has 0 amide bonds. The van der Waals surface area contributed by atoms with E-state index in [0.717, 1.165) is 53.4 Å². The molecular formula is C17H24F3N3O6S4. The van der Waals surface area contributed by atoms with Gasteiger partial charge in [-0.05, 0) is 24.1 Å². The number of aromatic nitrogens is 1. The summed E-state index contributed by atoms with van der Waals surface area (Å²) < 4.78 is 94.0. The Morgan fingerprint density at radius 3 is 2.03 bits per heavy atom. The van der Waals surface area contributed by atoms with Crippen LogP contribution < -0.4 is 4.80 Å². The van der Waals surface area contributed by atoms with Crippen molar-refractivity contribution < 1.29 is 39.1 Å². The zero-order valence-corrected chi connectivity index (χ0v) is 20.9. The zero-order chi connectivity index (χ0) is 25.2. The van der Waals surface area contributed by atoms with Crippen LogP contribution in [0.2, 0.25) is 0 Å². The Hall–Kier alpha value is -1.17. The van der Waals surface area contributed by atoms with Crippen molar-refractivity contribution >= 4 is 53.6 Å². The SMILES string of the molecule is CS(=O)(=O)O.CS(=O)(=O)O.N=c1sc2cc(C(F)(F)F)cc3c2n1CCC3N1CCSCC1. The van der Waals surface area contributed by atoms with Crippen molar-refractivity contribution in [2.45, 2.75) is 25.2 Å². The second-order valence-electron chi connectivity index (χ2n) is 7.39. The van der Waals surface area contributed by atoms with Crippen molar-refractivity contribution in [2.75, 3.05) is 37.1 Å². The van der Waals surface area contributed by atoms with Crippen LogP contribution in [0.4, 0.5) is 13.2 Å². The van der Waals surface area contributed by atoms with Crippen LogP contribution in [-0.4, -0.2) is 72.5 Å². The first-order valence-corrected chi connectivity index (χ1v) is 15.1. The number of thioether (sulfide) groups is 1. The van der Waals surface area contributed by atoms with E-state index in [4.69, 9.17) is 14.5 Å². The van der Waals surface area contributed by atoms with Gasteiger partial charge < -0.3 is 4.57 Å². The molecule has 1 unspecified atom stereocenters. The maximum atomic E-state index is 13.3. The minimum Gasteiger partial charge on any atom is -0.317 e. The van der Waals surface area contributed by atoms with Crippen LogP contribution >= 0.6 is 23.1 Å². The number of nitrogens with zero attached hydrogens (tertiary/aromatic N) is 2. The van der Waals surface area contributed by atoms with E-state index < -0.39 is 32.0 Å². The molecule has 2 aliphatic heterocycles. The van der Waals surface area contributed by atoms with Gasteiger partial charge in [0.05, 0.1) is 28.3 Å². The lowest BCUT2D eigenvalue weighted by molar-refractivity contribution is -0.137. The third kappa shape index (κ3) is 8.84. The summed E-state index contributed by atoms with van der Waals surface area (Å²) in [5, 5.41) is 8.05. The monoisotopic (exact) mass is 551 g/mol. The molecule has 9 nitrogen and oxygen atoms in total. The Labute approximate surface area is 197 Å². The van der Waals surface area contributed by atoms with Crippen LogP contribution in [0.1, 0.15) is 23.6 Å². The zero-order valence-electron chi connectivity index (χ0n) is 17.7. The van der Waals surface area contributed by atoms with Gasteiger partial charge in [-0.3, -0.25) is 19.4 Å². The van der Waals surface area contributed by atoms with Crippen LogP contribution in [-0.2, 0) is 33.0 Å². The fourth-order valence-electron chi connectivity index (χ4n) is 3.56. The van der Waals surface area contributed by atoms with E-state index in [-0.39, 0.29) is 6.04 Å². The minimum absolute atomic E-state index is 0.0368. The molecule has 1 aromatic heterocycles. The highest BCUT2D eigenvalue weighted by atomic mass is 32.2. The largest absolute Gasteiger partial charge is 0.416 e. The standard InChI is InChI=1S/C15H16F3N3S2.2CH4O3S/c16-15(17,18)9-7-10-11(20-3-5-22-6-4-20)1-2-21-13(10)12(8-9)23-14(21)19;2*1-5(2,3)4/h7-8,11,19H,1-6H2;2*1H3,(H,2,3,4). The Balaban J connectivity index is 0.000000327. The van der Waals surface area contributed by atoms with E-state index in [1.165, 1.54) is 12.1 Å². The Bertz CT molecular complexity index is 1200. The summed E-state index contributed by atoms with van der Waals surface area (Å²) in [5.74, 6) is 2.07. The van der Waals surface area contributed by atoms with Crippen LogP contribution in [0.15, 0.2) is 12.1 Å². The minimum atomic E-state index is -4.35. The van der Waals surface area contributed by atoms with Crippen LogP contribution in [0.25, 0.3) is 10.2 Å². The van der Waals surface area contributed by atoms with E-state index in [0.29, 0.717) is 28.6 Å². The van der Waals surface area contributed by atoms with Gasteiger partial charge in [-0.15, -0.1) is 0 Å². The first-order valence-electron chi connectivity index (χ1n) is 9.41. The van der Waals surface area contributed by atoms with Crippen molar-refractivity contribution in [2.24, 2.45) is 0 Å². The molecule has 2 aromatic rings. The number of hydrogen-bond donors (Lipinski definition) is 3. The Kier molecular flexibility index (Phi) is 9.03. The summed E-state index contributed by atoms with van der Waals surface area (Å²) in [7, 11) is -7.33. The second kappa shape index (κ2) is 10.6. The highest BCUT2D eigenvalue weighted by Crippen LogP contribution is 2.41. The molecule has 1 aromatic carbocycles. The third-order valence-electron chi connectivity index (χ3n) is 4.63. The van der Waals surface area contributed by atoms with E-state index in [2.05, 4.69) is 4.90 Å². The molecule has 16 heteroatoms. The summed E-state index contributed by atoms with van der Waals surface area (Å²) in [6.45, 7) is 2.56. The van der Waals surface area contributed by atoms with Crippen molar-refractivity contribution in [3.8, 4) is 0 Å². The maximum absolute atomic E-state index is 13.3. The number of benzene rings is 1. The first-order chi connectivity index (χ1) is 14.9. The molecule has 0 radical (unpaired) electrons. The van der Waals surface area contributed by atoms with Gasteiger partial charge in [-0.25, -0.2) is 0 Å². The van der Waals surface area contributed by atoms with Crippen molar-refractivity contribution in [1.82, 2.24) is 9.47 Å². The predicted octanol–water partition coefficient (Wildman–Crippen LogP) is 2.70. The van der Waals surface area contributed by atoms with Crippen molar-refractivity contribution in [3.63, 3.8) is 0 Å². The summed E-state index contributed by atoms with van der Waals surface area (Å²) in [6.07, 6.45) is -2.14. The fraction of sp³-hybridized carbons (Fsp3) is 0.588. The molecule has 3 N–H and O–H groups in total. The van der Waals surface area contributed by atoms with Crippen LogP contribution in [0.5, 0.6) is 0 Å². The molecule has 1 fully saturated rings. The van der Waals surface area contributed by atoms with Gasteiger partial charge in [-0.2, -0.15) is 41.8 Å². The quantitative estimate of drug-likeness (QED) is 0.460. The van der Waals surface area contributed by atoms with Crippen LogP contribution in [0.3, 0.4) is 0 Å². The van der Waals surface area contributed by atoms with Crippen molar-refractivity contribution in [1.29, 1.82) is 5.41 Å². The average molecular weight is 552 g/mol. The second-order valence-corrected chi connectivity index (χ2v) is 12.6. The fourth-order valence-corrected chi connectivity index (χ4v) is 5.51. The smallest absolute Gasteiger partial charge is 0.317 e. The van der Waals surface area contributed by atoms with Crippen LogP contribution in [0, 0.1) is 5.41 Å². The molecule has 1 atom stereocenters. The molecule has 0 aliphatic carbocycles. The summed E-state index contributed by atoms with van der Waals surface area (Å²) in [5.41, 5.74) is 0.997. The van der Waals surface area contributed by atoms with Gasteiger partial charge in [0.15, 0.2) is 4.80 Å². The maximum Gasteiger partial charge on any atom is 0.416 e. The van der Waals surface area contributed by atoms with Gasteiger partial charge in [0, 0.05) is 37.2 Å². The van der Waals surface area contributed by atoms with Crippen molar-refractivity contribution in [3.05, 3.63) is 28.1 Å². The molecule has 0 spiro atoms. The molecule has 4 rings (SSSR count). The average Bonchev–Trinajstić information content (AvgIpc) is 2.96. The highest BCUT2D eigenvalue weighted by molar-refractivity contribution is 7.99. The van der Waals surface area contributed by atoms with E-state index >= 15 is 0 Å². The molecule has 0 saturated carbocycles. The van der Waals surface area contributed by atoms with E-state index in [1.807, 2.05) is 16.3 Å². The number of aryl methyl sites for hydroxylation is 1. The molecule has 33 heavy (non-hydrogen) atoms. The summed E-state index contributed by atoms with van der Waals surface area (Å²) in [4.78, 5) is 2.66. The molecular weight excluding hydrogens is 527 g/mol. The van der Waals surface area contributed by atoms with Gasteiger partial charge in [0.2, 0.25) is 0 Å². The van der Waals surface area contributed by atoms with E-state index in [9.17, 15) is 30.0 Å². The van der Waals surface area contributed by atoms with Gasteiger partial charge in [0.1, 0.15) is 0 Å². The highest BCUT2D eigenvalue weighted by Gasteiger charge is 2.35. The summed E-state index contributed by atoms with van der Waals surface area (Å²) >= 11 is 3.04. The molecule has 1 saturated heterocycles. The lowest BCUT2D eigenvalue weighted by Crippen LogP contribution is -2.38. The number of alkyl halides is 3. The predicted molar refractivity (Wildman–Crippen MR) is 122 cm³/mol. The molecule has 2 aliphatic rings. The van der Waals surface area contributed by atoms with Gasteiger partial charge in [-0.1, -0.05) is 11.3 Å². The molecule has 3 heterocycles. The number of thiazole rings is 1. The number of hydrogen-bond acceptors (Lipinski definition) is 8. The van der Waals surface area contributed by atoms with Gasteiger partial charge in [0.25, 0.3) is 20.2 Å². The molecule has 188 valence electrons. The normalized spacial score (nSPS) is 19.3. The molecule has 0 bridgehead atoms. The number of halogens is 3. The van der Waals surface area contributed by atoms with E-state index in [1.54, 1.807) is 0 Å². The Morgan fingerprint density at radius 1 is 1.03 bits per heavy atom. The lowest BCUT2D eigenvalue weighted by atomic mass is 9.95. The van der Waals surface area contributed by atoms with Gasteiger partial charge >= 0.3 is 6.18 Å². The number of rotatable bonds is 1. The lowest BCUT2D eigenvalue weighted by Gasteiger charge is -2.37. The summed E-state index contributed by atoms with van der Waals surface area (Å²) in [6, 6.07) is 2.55. The third-order valence-corrected chi connectivity index (χ3v) is 6.51. The topological polar surface area (TPSA) is 141 Å².